The van der Waals surface area contributed by atoms with E-state index in [2.05, 4.69) is 9.97 Å². The van der Waals surface area contributed by atoms with Crippen molar-refractivity contribution in [3.63, 3.8) is 0 Å². The van der Waals surface area contributed by atoms with Gasteiger partial charge in [0.15, 0.2) is 10.2 Å². The van der Waals surface area contributed by atoms with Crippen LogP contribution in [0, 0.1) is 6.92 Å². The normalized spacial score (nSPS) is 13.1. The lowest BCUT2D eigenvalue weighted by atomic mass is 10.2. The molecule has 4 heterocycles. The number of aromatic nitrogens is 4. The van der Waals surface area contributed by atoms with E-state index in [0.29, 0.717) is 5.82 Å². The van der Waals surface area contributed by atoms with Crippen LogP contribution in [0.25, 0.3) is 21.6 Å². The number of fused-ring (bicyclic) bond motifs is 3. The summed E-state index contributed by atoms with van der Waals surface area (Å²) in [6.45, 7) is 1.91. The Morgan fingerprint density at radius 2 is 2.14 bits per heavy atom. The average molecular weight is 440 g/mol. The molecule has 146 valence electrons. The van der Waals surface area contributed by atoms with Crippen LogP contribution in [-0.2, 0) is 24.1 Å². The molecule has 5 rings (SSSR count). The standard InChI is InChI=1S/C20H17N5OS3/c1-10-14(8-15(21)26)28-20(23-10)29-19-16-12-5-2-6-13(12)27-18(16)24-17(25-19)11-4-3-7-22-9-11/h3-4,7,9H,2,5-6,8H2,1H3,(H2,21,26). The molecule has 9 heteroatoms. The summed E-state index contributed by atoms with van der Waals surface area (Å²) in [7, 11) is 0. The summed E-state index contributed by atoms with van der Waals surface area (Å²) in [4.78, 5) is 33.3. The Kier molecular flexibility index (Phi) is 4.81. The van der Waals surface area contributed by atoms with Gasteiger partial charge in [-0.3, -0.25) is 9.78 Å². The number of aryl methyl sites for hydroxylation is 3. The van der Waals surface area contributed by atoms with E-state index in [1.807, 2.05) is 19.1 Å². The first-order chi connectivity index (χ1) is 14.1. The van der Waals surface area contributed by atoms with Gasteiger partial charge in [0.2, 0.25) is 5.91 Å². The van der Waals surface area contributed by atoms with Gasteiger partial charge in [-0.2, -0.15) is 0 Å². The van der Waals surface area contributed by atoms with Gasteiger partial charge in [-0.1, -0.05) is 0 Å². The van der Waals surface area contributed by atoms with Gasteiger partial charge in [0, 0.05) is 33.1 Å². The third kappa shape index (κ3) is 3.54. The molecule has 2 N–H and O–H groups in total. The Bertz CT molecular complexity index is 1230. The van der Waals surface area contributed by atoms with Crippen LogP contribution in [0.1, 0.15) is 27.4 Å². The van der Waals surface area contributed by atoms with Crippen molar-refractivity contribution >= 4 is 50.6 Å². The number of pyridine rings is 1. The third-order valence-corrected chi connectivity index (χ3v) is 8.24. The zero-order valence-corrected chi connectivity index (χ0v) is 18.1. The minimum Gasteiger partial charge on any atom is -0.369 e. The predicted octanol–water partition coefficient (Wildman–Crippen LogP) is 4.19. The molecule has 4 aromatic heterocycles. The second kappa shape index (κ2) is 7.47. The third-order valence-electron chi connectivity index (χ3n) is 4.84. The summed E-state index contributed by atoms with van der Waals surface area (Å²) in [5.74, 6) is 0.339. The van der Waals surface area contributed by atoms with Crippen molar-refractivity contribution in [3.05, 3.63) is 45.5 Å². The number of primary amides is 1. The zero-order chi connectivity index (χ0) is 20.0. The highest BCUT2D eigenvalue weighted by Crippen LogP contribution is 2.44. The number of nitrogens with two attached hydrogens (primary N) is 1. The van der Waals surface area contributed by atoms with Gasteiger partial charge in [-0.15, -0.1) is 22.7 Å². The van der Waals surface area contributed by atoms with E-state index < -0.39 is 0 Å². The van der Waals surface area contributed by atoms with Crippen molar-refractivity contribution in [3.8, 4) is 11.4 Å². The lowest BCUT2D eigenvalue weighted by molar-refractivity contribution is -0.117. The monoisotopic (exact) mass is 439 g/mol. The number of hydrogen-bond acceptors (Lipinski definition) is 8. The predicted molar refractivity (Wildman–Crippen MR) is 117 cm³/mol. The molecule has 1 aliphatic rings. The molecular weight excluding hydrogens is 422 g/mol. The summed E-state index contributed by atoms with van der Waals surface area (Å²) in [6.07, 6.45) is 7.12. The molecule has 0 radical (unpaired) electrons. The Balaban J connectivity index is 1.62. The van der Waals surface area contributed by atoms with Gasteiger partial charge in [0.05, 0.1) is 12.1 Å². The van der Waals surface area contributed by atoms with Crippen LogP contribution in [0.15, 0.2) is 33.9 Å². The quantitative estimate of drug-likeness (QED) is 0.469. The molecule has 0 aliphatic heterocycles. The summed E-state index contributed by atoms with van der Waals surface area (Å²) < 4.78 is 0.869. The van der Waals surface area contributed by atoms with Gasteiger partial charge >= 0.3 is 0 Å². The van der Waals surface area contributed by atoms with Gasteiger partial charge in [-0.05, 0) is 55.6 Å². The van der Waals surface area contributed by atoms with E-state index in [0.717, 1.165) is 48.6 Å². The molecule has 6 nitrogen and oxygen atoms in total. The molecule has 0 atom stereocenters. The van der Waals surface area contributed by atoms with Crippen LogP contribution >= 0.6 is 34.4 Å². The number of carbonyl (C=O) groups excluding carboxylic acids is 1. The summed E-state index contributed by atoms with van der Waals surface area (Å²) in [5.41, 5.74) is 8.50. The van der Waals surface area contributed by atoms with E-state index in [-0.39, 0.29) is 12.3 Å². The molecular formula is C20H17N5OS3. The van der Waals surface area contributed by atoms with Crippen LogP contribution in [0.4, 0.5) is 0 Å². The molecule has 0 spiro atoms. The largest absolute Gasteiger partial charge is 0.369 e. The molecule has 0 aromatic carbocycles. The minimum atomic E-state index is -0.341. The molecule has 0 saturated carbocycles. The van der Waals surface area contributed by atoms with E-state index >= 15 is 0 Å². The first-order valence-electron chi connectivity index (χ1n) is 9.23. The van der Waals surface area contributed by atoms with Crippen LogP contribution in [-0.4, -0.2) is 25.8 Å². The average Bonchev–Trinajstić information content (AvgIpc) is 3.37. The number of rotatable bonds is 5. The summed E-state index contributed by atoms with van der Waals surface area (Å²) >= 11 is 4.83. The zero-order valence-electron chi connectivity index (χ0n) is 15.6. The van der Waals surface area contributed by atoms with Crippen LogP contribution < -0.4 is 5.73 Å². The fourth-order valence-electron chi connectivity index (χ4n) is 3.51. The first-order valence-corrected chi connectivity index (χ1v) is 11.7. The number of amides is 1. The maximum absolute atomic E-state index is 11.3. The molecule has 0 bridgehead atoms. The van der Waals surface area contributed by atoms with Crippen molar-refractivity contribution < 1.29 is 4.79 Å². The number of thiazole rings is 1. The Labute approximate surface area is 179 Å². The molecule has 29 heavy (non-hydrogen) atoms. The Hall–Kier alpha value is -2.36. The number of carbonyl (C=O) groups is 1. The molecule has 4 aromatic rings. The Morgan fingerprint density at radius 1 is 1.24 bits per heavy atom. The highest BCUT2D eigenvalue weighted by molar-refractivity contribution is 8.01. The van der Waals surface area contributed by atoms with Gasteiger partial charge < -0.3 is 5.73 Å². The fraction of sp³-hybridized carbons (Fsp3) is 0.250. The molecule has 0 unspecified atom stereocenters. The van der Waals surface area contributed by atoms with Crippen molar-refractivity contribution in [2.45, 2.75) is 42.0 Å². The number of thiophene rings is 1. The highest BCUT2D eigenvalue weighted by Gasteiger charge is 2.24. The van der Waals surface area contributed by atoms with E-state index in [9.17, 15) is 4.79 Å². The van der Waals surface area contributed by atoms with Crippen LogP contribution in [0.3, 0.4) is 0 Å². The topological polar surface area (TPSA) is 94.7 Å². The van der Waals surface area contributed by atoms with E-state index in [1.165, 1.54) is 28.2 Å². The summed E-state index contributed by atoms with van der Waals surface area (Å²) in [6, 6.07) is 3.87. The van der Waals surface area contributed by atoms with Crippen molar-refractivity contribution in [2.75, 3.05) is 0 Å². The molecule has 1 aliphatic carbocycles. The van der Waals surface area contributed by atoms with Gasteiger partial charge in [0.25, 0.3) is 0 Å². The molecule has 0 fully saturated rings. The van der Waals surface area contributed by atoms with Crippen LogP contribution in [0.2, 0.25) is 0 Å². The number of hydrogen-bond donors (Lipinski definition) is 1. The number of nitrogens with zero attached hydrogens (tertiary/aromatic N) is 4. The maximum atomic E-state index is 11.3. The highest BCUT2D eigenvalue weighted by atomic mass is 32.2. The van der Waals surface area contributed by atoms with Gasteiger partial charge in [0.1, 0.15) is 9.86 Å². The molecule has 0 saturated heterocycles. The SMILES string of the molecule is Cc1nc(Sc2nc(-c3cccnc3)nc3sc4c(c23)CCC4)sc1CC(N)=O. The summed E-state index contributed by atoms with van der Waals surface area (Å²) in [5, 5.41) is 2.08. The van der Waals surface area contributed by atoms with E-state index in [4.69, 9.17) is 15.7 Å². The van der Waals surface area contributed by atoms with Crippen molar-refractivity contribution in [1.82, 2.24) is 19.9 Å². The second-order valence-corrected chi connectivity index (χ2v) is 10.3. The van der Waals surface area contributed by atoms with Crippen molar-refractivity contribution in [1.29, 1.82) is 0 Å². The van der Waals surface area contributed by atoms with Crippen LogP contribution in [0.5, 0.6) is 0 Å². The van der Waals surface area contributed by atoms with Crippen molar-refractivity contribution in [2.24, 2.45) is 5.73 Å². The first kappa shape index (κ1) is 18.7. The fourth-order valence-corrected chi connectivity index (χ4v) is 7.14. The second-order valence-electron chi connectivity index (χ2n) is 6.87. The lowest BCUT2D eigenvalue weighted by Crippen LogP contribution is -2.13. The lowest BCUT2D eigenvalue weighted by Gasteiger charge is -2.06. The Morgan fingerprint density at radius 3 is 2.93 bits per heavy atom. The van der Waals surface area contributed by atoms with E-state index in [1.54, 1.807) is 35.5 Å². The smallest absolute Gasteiger partial charge is 0.222 e. The van der Waals surface area contributed by atoms with Gasteiger partial charge in [-0.25, -0.2) is 15.0 Å². The minimum absolute atomic E-state index is 0.220. The molecule has 1 amide bonds. The maximum Gasteiger partial charge on any atom is 0.222 e.